The zero-order chi connectivity index (χ0) is 9.19. The minimum atomic E-state index is -0.849. The van der Waals surface area contributed by atoms with Crippen molar-refractivity contribution in [3.8, 4) is 0 Å². The van der Waals surface area contributed by atoms with Crippen LogP contribution >= 0.6 is 0 Å². The van der Waals surface area contributed by atoms with E-state index in [1.54, 1.807) is 13.8 Å². The maximum absolute atomic E-state index is 12.3. The molecular formula is C8H11FN2O. The maximum atomic E-state index is 12.3. The molecule has 1 aromatic rings. The van der Waals surface area contributed by atoms with E-state index in [2.05, 4.69) is 9.97 Å². The van der Waals surface area contributed by atoms with Gasteiger partial charge in [-0.25, -0.2) is 14.4 Å². The van der Waals surface area contributed by atoms with Gasteiger partial charge in [-0.1, -0.05) is 0 Å². The van der Waals surface area contributed by atoms with Crippen molar-refractivity contribution in [3.05, 3.63) is 24.0 Å². The Morgan fingerprint density at radius 2 is 1.92 bits per heavy atom. The summed E-state index contributed by atoms with van der Waals surface area (Å²) in [6, 6.07) is 0. The van der Waals surface area contributed by atoms with E-state index in [0.29, 0.717) is 12.2 Å². The molecular weight excluding hydrogens is 159 g/mol. The largest absolute Gasteiger partial charge is 0.390 e. The lowest BCUT2D eigenvalue weighted by Gasteiger charge is -2.14. The maximum Gasteiger partial charge on any atom is 0.159 e. The highest BCUT2D eigenvalue weighted by atomic mass is 19.1. The highest BCUT2D eigenvalue weighted by Gasteiger charge is 2.14. The number of hydrogen-bond donors (Lipinski definition) is 1. The van der Waals surface area contributed by atoms with E-state index in [0.717, 1.165) is 12.4 Å². The lowest BCUT2D eigenvalue weighted by Crippen LogP contribution is -2.23. The van der Waals surface area contributed by atoms with Crippen molar-refractivity contribution in [1.82, 2.24) is 9.97 Å². The fourth-order valence-electron chi connectivity index (χ4n) is 0.817. The molecule has 12 heavy (non-hydrogen) atoms. The smallest absolute Gasteiger partial charge is 0.159 e. The van der Waals surface area contributed by atoms with Gasteiger partial charge in [-0.05, 0) is 13.8 Å². The summed E-state index contributed by atoms with van der Waals surface area (Å²) in [5, 5.41) is 9.37. The first-order chi connectivity index (χ1) is 5.47. The Labute approximate surface area is 70.3 Å². The summed E-state index contributed by atoms with van der Waals surface area (Å²) in [5.74, 6) is -0.0154. The summed E-state index contributed by atoms with van der Waals surface area (Å²) in [6.07, 6.45) is 2.51. The van der Waals surface area contributed by atoms with Gasteiger partial charge >= 0.3 is 0 Å². The molecule has 0 radical (unpaired) electrons. The summed E-state index contributed by atoms with van der Waals surface area (Å²) in [5.41, 5.74) is -0.849. The zero-order valence-electron chi connectivity index (χ0n) is 7.08. The van der Waals surface area contributed by atoms with Crippen LogP contribution in [0, 0.1) is 5.82 Å². The fraction of sp³-hybridized carbons (Fsp3) is 0.500. The topological polar surface area (TPSA) is 46.0 Å². The van der Waals surface area contributed by atoms with Crippen LogP contribution in [0.2, 0.25) is 0 Å². The Bertz CT molecular complexity index is 253. The molecule has 0 amide bonds. The van der Waals surface area contributed by atoms with Gasteiger partial charge < -0.3 is 5.11 Å². The molecule has 1 aromatic heterocycles. The van der Waals surface area contributed by atoms with Crippen molar-refractivity contribution < 1.29 is 9.50 Å². The van der Waals surface area contributed by atoms with Crippen molar-refractivity contribution >= 4 is 0 Å². The predicted octanol–water partition coefficient (Wildman–Crippen LogP) is 0.929. The van der Waals surface area contributed by atoms with E-state index in [4.69, 9.17) is 0 Å². The Morgan fingerprint density at radius 3 is 2.33 bits per heavy atom. The highest BCUT2D eigenvalue weighted by Crippen LogP contribution is 2.07. The van der Waals surface area contributed by atoms with Crippen molar-refractivity contribution in [2.24, 2.45) is 0 Å². The van der Waals surface area contributed by atoms with Crippen LogP contribution in [0.4, 0.5) is 4.39 Å². The van der Waals surface area contributed by atoms with E-state index in [9.17, 15) is 9.50 Å². The van der Waals surface area contributed by atoms with Crippen molar-refractivity contribution in [2.45, 2.75) is 25.9 Å². The average molecular weight is 170 g/mol. The second-order valence-electron chi connectivity index (χ2n) is 3.31. The average Bonchev–Trinajstić information content (AvgIpc) is 1.91. The van der Waals surface area contributed by atoms with Crippen LogP contribution in [0.5, 0.6) is 0 Å². The lowest BCUT2D eigenvalue weighted by atomic mass is 10.1. The minimum Gasteiger partial charge on any atom is -0.390 e. The monoisotopic (exact) mass is 170 g/mol. The van der Waals surface area contributed by atoms with Crippen molar-refractivity contribution in [3.63, 3.8) is 0 Å². The number of aliphatic hydroxyl groups is 1. The number of rotatable bonds is 2. The number of nitrogens with zero attached hydrogens (tertiary/aromatic N) is 2. The van der Waals surface area contributed by atoms with Gasteiger partial charge in [0.1, 0.15) is 5.82 Å². The lowest BCUT2D eigenvalue weighted by molar-refractivity contribution is 0.0787. The molecule has 4 heteroatoms. The van der Waals surface area contributed by atoms with Crippen LogP contribution in [0.15, 0.2) is 12.4 Å². The Kier molecular flexibility index (Phi) is 2.38. The molecule has 1 N–H and O–H groups in total. The molecule has 0 fully saturated rings. The predicted molar refractivity (Wildman–Crippen MR) is 42.0 cm³/mol. The molecule has 0 saturated heterocycles. The highest BCUT2D eigenvalue weighted by molar-refractivity contribution is 4.94. The van der Waals surface area contributed by atoms with Gasteiger partial charge in [-0.2, -0.15) is 0 Å². The molecule has 66 valence electrons. The summed E-state index contributed by atoms with van der Waals surface area (Å²) in [7, 11) is 0. The minimum absolute atomic E-state index is 0.327. The third-order valence-corrected chi connectivity index (χ3v) is 1.26. The zero-order valence-corrected chi connectivity index (χ0v) is 7.08. The molecule has 0 saturated carbocycles. The Morgan fingerprint density at radius 1 is 1.42 bits per heavy atom. The number of hydrogen-bond acceptors (Lipinski definition) is 3. The molecule has 0 spiro atoms. The number of aromatic nitrogens is 2. The molecule has 0 bridgehead atoms. The molecule has 0 unspecified atom stereocenters. The van der Waals surface area contributed by atoms with E-state index in [1.807, 2.05) is 0 Å². The van der Waals surface area contributed by atoms with E-state index < -0.39 is 11.4 Å². The molecule has 0 aliphatic rings. The summed E-state index contributed by atoms with van der Waals surface area (Å²) < 4.78 is 12.3. The summed E-state index contributed by atoms with van der Waals surface area (Å²) in [6.45, 7) is 3.30. The molecule has 3 nitrogen and oxygen atoms in total. The second kappa shape index (κ2) is 3.15. The van der Waals surface area contributed by atoms with Gasteiger partial charge in [-0.15, -0.1) is 0 Å². The first-order valence-corrected chi connectivity index (χ1v) is 3.66. The third kappa shape index (κ3) is 2.92. The molecule has 0 aliphatic heterocycles. The van der Waals surface area contributed by atoms with Gasteiger partial charge in [-0.3, -0.25) is 0 Å². The van der Waals surface area contributed by atoms with E-state index in [1.165, 1.54) is 0 Å². The Balaban J connectivity index is 2.71. The molecule has 0 aliphatic carbocycles. The molecule has 0 aromatic carbocycles. The first-order valence-electron chi connectivity index (χ1n) is 3.66. The normalized spacial score (nSPS) is 11.7. The molecule has 0 atom stereocenters. The van der Waals surface area contributed by atoms with Crippen LogP contribution < -0.4 is 0 Å². The SMILES string of the molecule is CC(C)(O)Cc1ncc(F)cn1. The van der Waals surface area contributed by atoms with Crippen molar-refractivity contribution in [2.75, 3.05) is 0 Å². The first kappa shape index (κ1) is 9.06. The van der Waals surface area contributed by atoms with Gasteiger partial charge in [0.05, 0.1) is 18.0 Å². The summed E-state index contributed by atoms with van der Waals surface area (Å²) >= 11 is 0. The van der Waals surface area contributed by atoms with Crippen LogP contribution in [-0.2, 0) is 6.42 Å². The van der Waals surface area contributed by atoms with Gasteiger partial charge in [0, 0.05) is 6.42 Å². The molecule has 1 rings (SSSR count). The third-order valence-electron chi connectivity index (χ3n) is 1.26. The van der Waals surface area contributed by atoms with Crippen molar-refractivity contribution in [1.29, 1.82) is 0 Å². The van der Waals surface area contributed by atoms with Gasteiger partial charge in [0.25, 0.3) is 0 Å². The standard InChI is InChI=1S/C8H11FN2O/c1-8(2,12)3-7-10-4-6(9)5-11-7/h4-5,12H,3H2,1-2H3. The van der Waals surface area contributed by atoms with Crippen LogP contribution in [0.25, 0.3) is 0 Å². The van der Waals surface area contributed by atoms with Gasteiger partial charge in [0.2, 0.25) is 0 Å². The van der Waals surface area contributed by atoms with Crippen LogP contribution in [0.1, 0.15) is 19.7 Å². The van der Waals surface area contributed by atoms with E-state index in [-0.39, 0.29) is 0 Å². The Hall–Kier alpha value is -1.03. The van der Waals surface area contributed by atoms with E-state index >= 15 is 0 Å². The number of halogens is 1. The van der Waals surface area contributed by atoms with Gasteiger partial charge in [0.15, 0.2) is 5.82 Å². The fourth-order valence-corrected chi connectivity index (χ4v) is 0.817. The van der Waals surface area contributed by atoms with Crippen LogP contribution in [0.3, 0.4) is 0 Å². The van der Waals surface area contributed by atoms with Crippen LogP contribution in [-0.4, -0.2) is 20.7 Å². The molecule has 1 heterocycles. The summed E-state index contributed by atoms with van der Waals surface area (Å²) in [4.78, 5) is 7.44. The second-order valence-corrected chi connectivity index (χ2v) is 3.31. The quantitative estimate of drug-likeness (QED) is 0.718.